The summed E-state index contributed by atoms with van der Waals surface area (Å²) in [5.74, 6) is 0. The lowest BCUT2D eigenvalue weighted by Crippen LogP contribution is -2.34. The molecule has 2 fully saturated rings. The lowest BCUT2D eigenvalue weighted by molar-refractivity contribution is 0.317. The van der Waals surface area contributed by atoms with Crippen molar-refractivity contribution in [1.82, 2.24) is 15.5 Å². The lowest BCUT2D eigenvalue weighted by atomic mass is 10.2. The highest BCUT2D eigenvalue weighted by molar-refractivity contribution is 4.91. The number of hydrogen-bond donors (Lipinski definition) is 2. The SMILES string of the molecule is CCNCCCNC1CCN(C2CC2)C1. The second kappa shape index (κ2) is 5.83. The summed E-state index contributed by atoms with van der Waals surface area (Å²) < 4.78 is 0. The molecule has 1 heterocycles. The van der Waals surface area contributed by atoms with Crippen molar-refractivity contribution in [3.8, 4) is 0 Å². The van der Waals surface area contributed by atoms with E-state index in [4.69, 9.17) is 0 Å². The predicted molar refractivity (Wildman–Crippen MR) is 64.2 cm³/mol. The first-order chi connectivity index (χ1) is 7.40. The molecule has 3 nitrogen and oxygen atoms in total. The smallest absolute Gasteiger partial charge is 0.0207 e. The molecule has 0 aromatic rings. The Hall–Kier alpha value is -0.120. The molecule has 3 heteroatoms. The summed E-state index contributed by atoms with van der Waals surface area (Å²) in [4.78, 5) is 2.67. The van der Waals surface area contributed by atoms with Gasteiger partial charge in [0.25, 0.3) is 0 Å². The van der Waals surface area contributed by atoms with E-state index in [0.717, 1.165) is 25.2 Å². The van der Waals surface area contributed by atoms with Crippen LogP contribution in [0.15, 0.2) is 0 Å². The van der Waals surface area contributed by atoms with Gasteiger partial charge in [-0.2, -0.15) is 0 Å². The summed E-state index contributed by atoms with van der Waals surface area (Å²) >= 11 is 0. The standard InChI is InChI=1S/C12H25N3/c1-2-13-7-3-8-14-11-6-9-15(10-11)12-4-5-12/h11-14H,2-10H2,1H3. The largest absolute Gasteiger partial charge is 0.317 e. The molecule has 1 saturated heterocycles. The molecule has 0 spiro atoms. The van der Waals surface area contributed by atoms with Crippen molar-refractivity contribution >= 4 is 0 Å². The zero-order chi connectivity index (χ0) is 10.5. The van der Waals surface area contributed by atoms with Crippen LogP contribution in [0.4, 0.5) is 0 Å². The van der Waals surface area contributed by atoms with Gasteiger partial charge >= 0.3 is 0 Å². The van der Waals surface area contributed by atoms with Crippen molar-refractivity contribution in [2.24, 2.45) is 0 Å². The fourth-order valence-corrected chi connectivity index (χ4v) is 2.42. The molecule has 1 aliphatic carbocycles. The van der Waals surface area contributed by atoms with Crippen LogP contribution in [0.2, 0.25) is 0 Å². The normalized spacial score (nSPS) is 27.4. The van der Waals surface area contributed by atoms with E-state index in [1.165, 1.54) is 45.3 Å². The van der Waals surface area contributed by atoms with Gasteiger partial charge in [-0.15, -0.1) is 0 Å². The van der Waals surface area contributed by atoms with E-state index < -0.39 is 0 Å². The van der Waals surface area contributed by atoms with Gasteiger partial charge in [-0.25, -0.2) is 0 Å². The second-order valence-corrected chi connectivity index (χ2v) is 4.87. The minimum atomic E-state index is 0.771. The number of rotatable bonds is 7. The molecule has 0 aromatic heterocycles. The predicted octanol–water partition coefficient (Wildman–Crippen LogP) is 0.812. The molecule has 2 rings (SSSR count). The van der Waals surface area contributed by atoms with E-state index in [1.54, 1.807) is 0 Å². The summed E-state index contributed by atoms with van der Waals surface area (Å²) in [6.45, 7) is 8.22. The van der Waals surface area contributed by atoms with Crippen LogP contribution in [0.5, 0.6) is 0 Å². The van der Waals surface area contributed by atoms with Gasteiger partial charge in [0.2, 0.25) is 0 Å². The average Bonchev–Trinajstić information content (AvgIpc) is 2.99. The Labute approximate surface area is 93.6 Å². The Kier molecular flexibility index (Phi) is 4.42. The van der Waals surface area contributed by atoms with Crippen LogP contribution in [-0.2, 0) is 0 Å². The molecular weight excluding hydrogens is 186 g/mol. The maximum Gasteiger partial charge on any atom is 0.0207 e. The van der Waals surface area contributed by atoms with Crippen molar-refractivity contribution in [1.29, 1.82) is 0 Å². The number of hydrogen-bond acceptors (Lipinski definition) is 3. The van der Waals surface area contributed by atoms with E-state index in [9.17, 15) is 0 Å². The van der Waals surface area contributed by atoms with Gasteiger partial charge in [0.05, 0.1) is 0 Å². The summed E-state index contributed by atoms with van der Waals surface area (Å²) in [5, 5.41) is 7.03. The molecule has 0 aromatic carbocycles. The Bertz CT molecular complexity index is 180. The van der Waals surface area contributed by atoms with Gasteiger partial charge < -0.3 is 10.6 Å². The monoisotopic (exact) mass is 211 g/mol. The zero-order valence-electron chi connectivity index (χ0n) is 9.97. The van der Waals surface area contributed by atoms with E-state index in [-0.39, 0.29) is 0 Å². The summed E-state index contributed by atoms with van der Waals surface area (Å²) in [7, 11) is 0. The van der Waals surface area contributed by atoms with Gasteiger partial charge in [0.15, 0.2) is 0 Å². The van der Waals surface area contributed by atoms with Crippen LogP contribution >= 0.6 is 0 Å². The quantitative estimate of drug-likeness (QED) is 0.610. The van der Waals surface area contributed by atoms with Gasteiger partial charge in [-0.1, -0.05) is 6.92 Å². The van der Waals surface area contributed by atoms with Gasteiger partial charge in [0.1, 0.15) is 0 Å². The summed E-state index contributed by atoms with van der Waals surface area (Å²) in [6.07, 6.45) is 5.52. The molecule has 1 unspecified atom stereocenters. The zero-order valence-corrected chi connectivity index (χ0v) is 9.97. The topological polar surface area (TPSA) is 27.3 Å². The van der Waals surface area contributed by atoms with Crippen molar-refractivity contribution in [3.05, 3.63) is 0 Å². The molecule has 1 atom stereocenters. The minimum absolute atomic E-state index is 0.771. The minimum Gasteiger partial charge on any atom is -0.317 e. The summed E-state index contributed by atoms with van der Waals surface area (Å²) in [6, 6.07) is 1.73. The molecule has 1 aliphatic heterocycles. The fourth-order valence-electron chi connectivity index (χ4n) is 2.42. The Balaban J connectivity index is 1.49. The van der Waals surface area contributed by atoms with Crippen LogP contribution < -0.4 is 10.6 Å². The van der Waals surface area contributed by atoms with Crippen LogP contribution in [0.3, 0.4) is 0 Å². The first kappa shape index (κ1) is 11.4. The molecular formula is C12H25N3. The molecule has 0 bridgehead atoms. The maximum absolute atomic E-state index is 3.67. The molecule has 2 aliphatic rings. The van der Waals surface area contributed by atoms with Gasteiger partial charge in [-0.3, -0.25) is 4.90 Å². The highest BCUT2D eigenvalue weighted by atomic mass is 15.2. The van der Waals surface area contributed by atoms with E-state index in [2.05, 4.69) is 22.5 Å². The highest BCUT2D eigenvalue weighted by Gasteiger charge is 2.33. The Morgan fingerprint density at radius 2 is 2.07 bits per heavy atom. The number of nitrogens with one attached hydrogen (secondary N) is 2. The molecule has 2 N–H and O–H groups in total. The highest BCUT2D eigenvalue weighted by Crippen LogP contribution is 2.29. The summed E-state index contributed by atoms with van der Waals surface area (Å²) in [5.41, 5.74) is 0. The molecule has 15 heavy (non-hydrogen) atoms. The number of nitrogens with zero attached hydrogens (tertiary/aromatic N) is 1. The Morgan fingerprint density at radius 1 is 1.20 bits per heavy atom. The van der Waals surface area contributed by atoms with E-state index in [1.807, 2.05) is 0 Å². The fraction of sp³-hybridized carbons (Fsp3) is 1.00. The van der Waals surface area contributed by atoms with Gasteiger partial charge in [-0.05, 0) is 45.3 Å². The van der Waals surface area contributed by atoms with Crippen molar-refractivity contribution in [2.45, 2.75) is 44.7 Å². The lowest BCUT2D eigenvalue weighted by Gasteiger charge is -2.15. The van der Waals surface area contributed by atoms with Crippen LogP contribution in [-0.4, -0.2) is 49.7 Å². The molecule has 1 saturated carbocycles. The number of likely N-dealkylation sites (tertiary alicyclic amines) is 1. The van der Waals surface area contributed by atoms with E-state index in [0.29, 0.717) is 0 Å². The van der Waals surface area contributed by atoms with Crippen LogP contribution in [0.25, 0.3) is 0 Å². The van der Waals surface area contributed by atoms with Gasteiger partial charge in [0, 0.05) is 25.2 Å². The van der Waals surface area contributed by atoms with Crippen molar-refractivity contribution < 1.29 is 0 Å². The van der Waals surface area contributed by atoms with Crippen LogP contribution in [0.1, 0.15) is 32.6 Å². The Morgan fingerprint density at radius 3 is 2.80 bits per heavy atom. The second-order valence-electron chi connectivity index (χ2n) is 4.87. The first-order valence-corrected chi connectivity index (χ1v) is 6.58. The molecule has 0 amide bonds. The molecule has 88 valence electrons. The average molecular weight is 211 g/mol. The third-order valence-corrected chi connectivity index (χ3v) is 3.50. The maximum atomic E-state index is 3.67. The third kappa shape index (κ3) is 3.74. The van der Waals surface area contributed by atoms with Crippen LogP contribution in [0, 0.1) is 0 Å². The van der Waals surface area contributed by atoms with Crippen molar-refractivity contribution in [3.63, 3.8) is 0 Å². The first-order valence-electron chi connectivity index (χ1n) is 6.58. The third-order valence-electron chi connectivity index (χ3n) is 3.50. The molecule has 0 radical (unpaired) electrons. The van der Waals surface area contributed by atoms with Crippen molar-refractivity contribution in [2.75, 3.05) is 32.7 Å². The van der Waals surface area contributed by atoms with E-state index >= 15 is 0 Å².